The first kappa shape index (κ1) is 11.8. The van der Waals surface area contributed by atoms with Gasteiger partial charge in [0.1, 0.15) is 0 Å². The number of nitrogens with zero attached hydrogens (tertiary/aromatic N) is 3. The number of amides is 2. The van der Waals surface area contributed by atoms with Gasteiger partial charge in [-0.05, 0) is 6.07 Å². The van der Waals surface area contributed by atoms with Crippen molar-refractivity contribution in [2.24, 2.45) is 0 Å². The molecule has 0 spiro atoms. The summed E-state index contributed by atoms with van der Waals surface area (Å²) in [6.07, 6.45) is 2.34. The third-order valence-electron chi connectivity index (χ3n) is 2.57. The van der Waals surface area contributed by atoms with Crippen molar-refractivity contribution in [3.8, 4) is 0 Å². The molecule has 17 heavy (non-hydrogen) atoms. The van der Waals surface area contributed by atoms with Crippen molar-refractivity contribution in [2.75, 3.05) is 0 Å². The maximum absolute atomic E-state index is 11.1. The Kier molecular flexibility index (Phi) is 3.28. The van der Waals surface area contributed by atoms with Gasteiger partial charge in [0.15, 0.2) is 5.16 Å². The summed E-state index contributed by atoms with van der Waals surface area (Å²) in [4.78, 5) is 30.9. The van der Waals surface area contributed by atoms with Crippen LogP contribution < -0.4 is 0 Å². The van der Waals surface area contributed by atoms with E-state index in [0.717, 1.165) is 4.90 Å². The van der Waals surface area contributed by atoms with Crippen LogP contribution in [0.3, 0.4) is 0 Å². The van der Waals surface area contributed by atoms with E-state index < -0.39 is 6.09 Å². The zero-order valence-electron chi connectivity index (χ0n) is 9.11. The quantitative estimate of drug-likeness (QED) is 0.495. The molecule has 1 fully saturated rings. The summed E-state index contributed by atoms with van der Waals surface area (Å²) in [5.74, 6) is -0.344. The summed E-state index contributed by atoms with van der Waals surface area (Å²) < 4.78 is 0. The zero-order valence-corrected chi connectivity index (χ0v) is 9.92. The lowest BCUT2D eigenvalue weighted by molar-refractivity contribution is -0.141. The van der Waals surface area contributed by atoms with Crippen LogP contribution in [0.25, 0.3) is 0 Å². The van der Waals surface area contributed by atoms with E-state index in [1.807, 2.05) is 6.92 Å². The SMILES string of the molecule is C[C@@H](Sc1ncccn1)[C@H]1CC(=O)N1C(=O)O. The largest absolute Gasteiger partial charge is 0.465 e. The summed E-state index contributed by atoms with van der Waals surface area (Å²) in [6, 6.07) is 1.43. The molecule has 1 saturated heterocycles. The van der Waals surface area contributed by atoms with Gasteiger partial charge in [0.25, 0.3) is 0 Å². The van der Waals surface area contributed by atoms with Crippen LogP contribution in [-0.2, 0) is 4.79 Å². The highest BCUT2D eigenvalue weighted by Gasteiger charge is 2.44. The molecule has 7 heteroatoms. The minimum atomic E-state index is -1.19. The number of rotatable bonds is 3. The highest BCUT2D eigenvalue weighted by atomic mass is 32.2. The van der Waals surface area contributed by atoms with Crippen LogP contribution in [0.2, 0.25) is 0 Å². The van der Waals surface area contributed by atoms with E-state index in [0.29, 0.717) is 5.16 Å². The molecule has 2 atom stereocenters. The van der Waals surface area contributed by atoms with Gasteiger partial charge in [-0.3, -0.25) is 4.79 Å². The van der Waals surface area contributed by atoms with Gasteiger partial charge in [0.2, 0.25) is 5.91 Å². The van der Waals surface area contributed by atoms with Crippen molar-refractivity contribution >= 4 is 23.8 Å². The molecule has 0 radical (unpaired) electrons. The number of hydrogen-bond acceptors (Lipinski definition) is 5. The molecule has 0 saturated carbocycles. The average Bonchev–Trinajstić information content (AvgIpc) is 2.26. The molecule has 0 aromatic carbocycles. The molecule has 1 aliphatic rings. The van der Waals surface area contributed by atoms with Gasteiger partial charge < -0.3 is 5.11 Å². The van der Waals surface area contributed by atoms with E-state index >= 15 is 0 Å². The average molecular weight is 253 g/mol. The van der Waals surface area contributed by atoms with E-state index in [1.54, 1.807) is 18.5 Å². The Hall–Kier alpha value is -1.63. The number of carbonyl (C=O) groups is 2. The molecule has 2 heterocycles. The van der Waals surface area contributed by atoms with Gasteiger partial charge >= 0.3 is 6.09 Å². The van der Waals surface area contributed by atoms with E-state index in [4.69, 9.17) is 5.11 Å². The number of aromatic nitrogens is 2. The Labute approximate surface area is 102 Å². The predicted molar refractivity (Wildman–Crippen MR) is 60.6 cm³/mol. The second-order valence-electron chi connectivity index (χ2n) is 3.67. The van der Waals surface area contributed by atoms with Crippen molar-refractivity contribution in [1.82, 2.24) is 14.9 Å². The van der Waals surface area contributed by atoms with Gasteiger partial charge in [-0.1, -0.05) is 18.7 Å². The summed E-state index contributed by atoms with van der Waals surface area (Å²) in [7, 11) is 0. The number of likely N-dealkylation sites (tertiary alicyclic amines) is 1. The molecule has 2 rings (SSSR count). The first-order valence-electron chi connectivity index (χ1n) is 5.08. The van der Waals surface area contributed by atoms with E-state index in [2.05, 4.69) is 9.97 Å². The second-order valence-corrected chi connectivity index (χ2v) is 5.02. The summed E-state index contributed by atoms with van der Waals surface area (Å²) in [5, 5.41) is 9.39. The standard InChI is InChI=1S/C10H11N3O3S/c1-6(17-9-11-3-2-4-12-9)7-5-8(14)13(7)10(15)16/h2-4,6-7H,5H2,1H3,(H,15,16)/t6-,7-/m1/s1. The van der Waals surface area contributed by atoms with Crippen molar-refractivity contribution < 1.29 is 14.7 Å². The first-order valence-corrected chi connectivity index (χ1v) is 5.96. The molecule has 1 aromatic heterocycles. The lowest BCUT2D eigenvalue weighted by atomic mass is 10.0. The maximum atomic E-state index is 11.1. The molecule has 0 bridgehead atoms. The first-order chi connectivity index (χ1) is 8.09. The van der Waals surface area contributed by atoms with Crippen LogP contribution in [0, 0.1) is 0 Å². The van der Waals surface area contributed by atoms with Crippen molar-refractivity contribution in [2.45, 2.75) is 29.8 Å². The van der Waals surface area contributed by atoms with Gasteiger partial charge in [-0.25, -0.2) is 19.7 Å². The van der Waals surface area contributed by atoms with Crippen LogP contribution in [0.1, 0.15) is 13.3 Å². The Bertz CT molecular complexity index is 432. The van der Waals surface area contributed by atoms with E-state index in [1.165, 1.54) is 11.8 Å². The Balaban J connectivity index is 2.00. The maximum Gasteiger partial charge on any atom is 0.414 e. The number of carbonyl (C=O) groups excluding carboxylic acids is 1. The highest BCUT2D eigenvalue weighted by molar-refractivity contribution is 7.99. The number of carboxylic acid groups (broad SMARTS) is 1. The molecular formula is C10H11N3O3S. The van der Waals surface area contributed by atoms with Gasteiger partial charge in [0.05, 0.1) is 6.04 Å². The van der Waals surface area contributed by atoms with Crippen molar-refractivity contribution in [3.63, 3.8) is 0 Å². The summed E-state index contributed by atoms with van der Waals surface area (Å²) in [5.41, 5.74) is 0. The number of imide groups is 1. The smallest absolute Gasteiger partial charge is 0.414 e. The lowest BCUT2D eigenvalue weighted by Gasteiger charge is -2.39. The van der Waals surface area contributed by atoms with Crippen molar-refractivity contribution in [3.05, 3.63) is 18.5 Å². The molecular weight excluding hydrogens is 242 g/mol. The molecule has 0 aliphatic carbocycles. The van der Waals surface area contributed by atoms with Gasteiger partial charge in [-0.2, -0.15) is 0 Å². The monoisotopic (exact) mass is 253 g/mol. The lowest BCUT2D eigenvalue weighted by Crippen LogP contribution is -2.58. The van der Waals surface area contributed by atoms with E-state index in [-0.39, 0.29) is 23.6 Å². The minimum Gasteiger partial charge on any atom is -0.465 e. The third-order valence-corrected chi connectivity index (χ3v) is 3.67. The van der Waals surface area contributed by atoms with Crippen LogP contribution in [0.4, 0.5) is 4.79 Å². The van der Waals surface area contributed by atoms with E-state index in [9.17, 15) is 9.59 Å². The molecule has 2 amide bonds. The molecule has 1 aliphatic heterocycles. The highest BCUT2D eigenvalue weighted by Crippen LogP contribution is 2.31. The number of hydrogen-bond donors (Lipinski definition) is 1. The Morgan fingerprint density at radius 1 is 1.59 bits per heavy atom. The van der Waals surface area contributed by atoms with Gasteiger partial charge in [-0.15, -0.1) is 0 Å². The van der Waals surface area contributed by atoms with Crippen molar-refractivity contribution in [1.29, 1.82) is 0 Å². The molecule has 90 valence electrons. The van der Waals surface area contributed by atoms with Crippen LogP contribution >= 0.6 is 11.8 Å². The fourth-order valence-corrected chi connectivity index (χ4v) is 2.61. The molecule has 0 unspecified atom stereocenters. The minimum absolute atomic E-state index is 0.0498. The molecule has 1 N–H and O–H groups in total. The topological polar surface area (TPSA) is 83.4 Å². The zero-order chi connectivity index (χ0) is 12.4. The summed E-state index contributed by atoms with van der Waals surface area (Å²) in [6.45, 7) is 1.87. The summed E-state index contributed by atoms with van der Waals surface area (Å²) >= 11 is 1.37. The number of β-lactam (4-membered cyclic amide) rings is 1. The Morgan fingerprint density at radius 2 is 2.24 bits per heavy atom. The molecule has 6 nitrogen and oxygen atoms in total. The third kappa shape index (κ3) is 2.38. The van der Waals surface area contributed by atoms with Crippen LogP contribution in [0.15, 0.2) is 23.6 Å². The normalized spacial score (nSPS) is 20.9. The fraction of sp³-hybridized carbons (Fsp3) is 0.400. The molecule has 1 aromatic rings. The second kappa shape index (κ2) is 4.70. The fourth-order valence-electron chi connectivity index (χ4n) is 1.66. The predicted octanol–water partition coefficient (Wildman–Crippen LogP) is 1.24. The van der Waals surface area contributed by atoms with Crippen LogP contribution in [0.5, 0.6) is 0 Å². The van der Waals surface area contributed by atoms with Crippen LogP contribution in [-0.4, -0.2) is 43.3 Å². The number of thioether (sulfide) groups is 1. The Morgan fingerprint density at radius 3 is 2.76 bits per heavy atom. The van der Waals surface area contributed by atoms with Gasteiger partial charge in [0, 0.05) is 24.1 Å².